The number of β-amino-alcohol motifs (C(OH)–C–C–N with tert-alkyl or cyclic N) is 1. The van der Waals surface area contributed by atoms with Gasteiger partial charge < -0.3 is 14.8 Å². The first-order chi connectivity index (χ1) is 11.3. The molecule has 1 saturated heterocycles. The fourth-order valence-electron chi connectivity index (χ4n) is 2.97. The van der Waals surface area contributed by atoms with Crippen LogP contribution in [0.3, 0.4) is 0 Å². The zero-order valence-corrected chi connectivity index (χ0v) is 12.6. The van der Waals surface area contributed by atoms with Crippen molar-refractivity contribution >= 4 is 0 Å². The molecule has 0 amide bonds. The third kappa shape index (κ3) is 2.79. The van der Waals surface area contributed by atoms with E-state index in [1.165, 1.54) is 0 Å². The van der Waals surface area contributed by atoms with Gasteiger partial charge in [-0.15, -0.1) is 0 Å². The Balaban J connectivity index is 1.81. The topological polar surface area (TPSA) is 58.3 Å². The summed E-state index contributed by atoms with van der Waals surface area (Å²) in [6.45, 7) is 0.578. The number of hydrogen-bond acceptors (Lipinski definition) is 4. The van der Waals surface area contributed by atoms with E-state index in [2.05, 4.69) is 5.32 Å². The van der Waals surface area contributed by atoms with Crippen molar-refractivity contribution in [1.82, 2.24) is 10.3 Å². The predicted molar refractivity (Wildman–Crippen MR) is 88.7 cm³/mol. The van der Waals surface area contributed by atoms with Crippen LogP contribution in [0.4, 0.5) is 0 Å². The van der Waals surface area contributed by atoms with E-state index in [0.717, 1.165) is 22.6 Å². The lowest BCUT2D eigenvalue weighted by atomic mass is 10.1. The minimum Gasteiger partial charge on any atom is -0.438 e. The Bertz CT molecular complexity index is 727. The van der Waals surface area contributed by atoms with Crippen molar-refractivity contribution < 1.29 is 9.52 Å². The predicted octanol–water partition coefficient (Wildman–Crippen LogP) is 3.40. The Morgan fingerprint density at radius 1 is 0.957 bits per heavy atom. The van der Waals surface area contributed by atoms with Crippen LogP contribution in [0.15, 0.2) is 65.1 Å². The van der Waals surface area contributed by atoms with Gasteiger partial charge in [0.15, 0.2) is 5.76 Å². The fourth-order valence-corrected chi connectivity index (χ4v) is 2.97. The van der Waals surface area contributed by atoms with E-state index in [-0.39, 0.29) is 12.1 Å². The van der Waals surface area contributed by atoms with Gasteiger partial charge in [0.2, 0.25) is 5.89 Å². The SMILES string of the molecule is O[C@@H]1CN[C@@H](c2nc(-c3ccccc3)c(-c3ccccc3)o2)C1. The molecule has 0 radical (unpaired) electrons. The molecule has 0 aliphatic carbocycles. The van der Waals surface area contributed by atoms with Crippen molar-refractivity contribution in [2.75, 3.05) is 6.54 Å². The number of nitrogens with zero attached hydrogens (tertiary/aromatic N) is 1. The maximum absolute atomic E-state index is 9.74. The van der Waals surface area contributed by atoms with E-state index in [1.807, 2.05) is 60.7 Å². The normalized spacial score (nSPS) is 20.7. The first kappa shape index (κ1) is 14.2. The maximum atomic E-state index is 9.74. The Kier molecular flexibility index (Phi) is 3.69. The molecule has 0 bridgehead atoms. The van der Waals surface area contributed by atoms with Gasteiger partial charge in [-0.25, -0.2) is 4.98 Å². The van der Waals surface area contributed by atoms with Crippen molar-refractivity contribution in [3.63, 3.8) is 0 Å². The van der Waals surface area contributed by atoms with Crippen molar-refractivity contribution in [1.29, 1.82) is 0 Å². The molecule has 2 aromatic carbocycles. The highest BCUT2D eigenvalue weighted by molar-refractivity contribution is 5.76. The largest absolute Gasteiger partial charge is 0.438 e. The first-order valence-corrected chi connectivity index (χ1v) is 7.84. The molecule has 23 heavy (non-hydrogen) atoms. The quantitative estimate of drug-likeness (QED) is 0.778. The van der Waals surface area contributed by atoms with E-state index < -0.39 is 0 Å². The van der Waals surface area contributed by atoms with E-state index in [4.69, 9.17) is 9.40 Å². The smallest absolute Gasteiger partial charge is 0.212 e. The molecule has 0 saturated carbocycles. The van der Waals surface area contributed by atoms with Crippen molar-refractivity contribution in [2.45, 2.75) is 18.6 Å². The fraction of sp³-hybridized carbons (Fsp3) is 0.211. The second-order valence-electron chi connectivity index (χ2n) is 5.81. The van der Waals surface area contributed by atoms with Gasteiger partial charge in [0, 0.05) is 17.7 Å². The molecule has 4 nitrogen and oxygen atoms in total. The van der Waals surface area contributed by atoms with Crippen molar-refractivity contribution in [3.05, 3.63) is 66.6 Å². The molecule has 3 aromatic rings. The Labute approximate surface area is 134 Å². The summed E-state index contributed by atoms with van der Waals surface area (Å²) in [5, 5.41) is 13.0. The van der Waals surface area contributed by atoms with Crippen LogP contribution in [0.5, 0.6) is 0 Å². The van der Waals surface area contributed by atoms with Gasteiger partial charge in [-0.3, -0.25) is 0 Å². The molecule has 2 atom stereocenters. The number of rotatable bonds is 3. The maximum Gasteiger partial charge on any atom is 0.212 e. The number of nitrogens with one attached hydrogen (secondary N) is 1. The summed E-state index contributed by atoms with van der Waals surface area (Å²) >= 11 is 0. The summed E-state index contributed by atoms with van der Waals surface area (Å²) in [7, 11) is 0. The monoisotopic (exact) mass is 306 g/mol. The zero-order valence-electron chi connectivity index (χ0n) is 12.6. The van der Waals surface area contributed by atoms with Crippen LogP contribution in [-0.2, 0) is 0 Å². The van der Waals surface area contributed by atoms with Gasteiger partial charge in [0.05, 0.1) is 12.1 Å². The molecule has 2 N–H and O–H groups in total. The summed E-state index contributed by atoms with van der Waals surface area (Å²) < 4.78 is 6.10. The first-order valence-electron chi connectivity index (χ1n) is 7.84. The summed E-state index contributed by atoms with van der Waals surface area (Å²) in [4.78, 5) is 4.73. The molecular weight excluding hydrogens is 288 g/mol. The molecule has 1 aliphatic rings. The Morgan fingerprint density at radius 2 is 1.61 bits per heavy atom. The molecule has 1 aliphatic heterocycles. The number of hydrogen-bond donors (Lipinski definition) is 2. The Morgan fingerprint density at radius 3 is 2.22 bits per heavy atom. The summed E-state index contributed by atoms with van der Waals surface area (Å²) in [6.07, 6.45) is 0.287. The third-order valence-corrected chi connectivity index (χ3v) is 4.13. The van der Waals surface area contributed by atoms with Crippen LogP contribution in [0.25, 0.3) is 22.6 Å². The minimum absolute atomic E-state index is 0.0371. The second-order valence-corrected chi connectivity index (χ2v) is 5.81. The molecule has 0 spiro atoms. The molecule has 1 aromatic heterocycles. The standard InChI is InChI=1S/C19H18N2O2/c22-15-11-16(20-12-15)19-21-17(13-7-3-1-4-8-13)18(23-19)14-9-5-2-6-10-14/h1-10,15-16,20,22H,11-12H2/t15-,16+/m0/s1. The number of aliphatic hydroxyl groups is 1. The number of oxazole rings is 1. The molecule has 4 rings (SSSR count). The number of aliphatic hydroxyl groups excluding tert-OH is 1. The summed E-state index contributed by atoms with van der Waals surface area (Å²) in [5.74, 6) is 1.41. The van der Waals surface area contributed by atoms with Crippen molar-refractivity contribution in [3.8, 4) is 22.6 Å². The lowest BCUT2D eigenvalue weighted by Crippen LogP contribution is -2.15. The Hall–Kier alpha value is -2.43. The zero-order chi connectivity index (χ0) is 15.6. The van der Waals surface area contributed by atoms with Gasteiger partial charge in [0.25, 0.3) is 0 Å². The number of benzene rings is 2. The molecule has 4 heteroatoms. The third-order valence-electron chi connectivity index (χ3n) is 4.13. The van der Waals surface area contributed by atoms with Crippen LogP contribution in [0.1, 0.15) is 18.4 Å². The highest BCUT2D eigenvalue weighted by Crippen LogP contribution is 2.35. The summed E-state index contributed by atoms with van der Waals surface area (Å²) in [6, 6.07) is 20.0. The molecule has 1 fully saturated rings. The van der Waals surface area contributed by atoms with Crippen LogP contribution in [0.2, 0.25) is 0 Å². The van der Waals surface area contributed by atoms with Crippen LogP contribution >= 0.6 is 0 Å². The lowest BCUT2D eigenvalue weighted by Gasteiger charge is -2.03. The van der Waals surface area contributed by atoms with Crippen molar-refractivity contribution in [2.24, 2.45) is 0 Å². The molecule has 0 unspecified atom stereocenters. The molecule has 2 heterocycles. The highest BCUT2D eigenvalue weighted by atomic mass is 16.4. The van der Waals surface area contributed by atoms with E-state index in [9.17, 15) is 5.11 Å². The average molecular weight is 306 g/mol. The minimum atomic E-state index is -0.341. The van der Waals surface area contributed by atoms with Gasteiger partial charge in [-0.1, -0.05) is 60.7 Å². The van der Waals surface area contributed by atoms with Gasteiger partial charge in [-0.05, 0) is 6.42 Å². The molecule has 116 valence electrons. The van der Waals surface area contributed by atoms with E-state index in [1.54, 1.807) is 0 Å². The van der Waals surface area contributed by atoms with Crippen LogP contribution < -0.4 is 5.32 Å². The van der Waals surface area contributed by atoms with Crippen LogP contribution in [-0.4, -0.2) is 22.7 Å². The summed E-state index contributed by atoms with van der Waals surface area (Å²) in [5.41, 5.74) is 2.87. The highest BCUT2D eigenvalue weighted by Gasteiger charge is 2.29. The number of aromatic nitrogens is 1. The van der Waals surface area contributed by atoms with E-state index in [0.29, 0.717) is 18.9 Å². The average Bonchev–Trinajstić information content (AvgIpc) is 3.23. The lowest BCUT2D eigenvalue weighted by molar-refractivity contribution is 0.191. The van der Waals surface area contributed by atoms with Gasteiger partial charge >= 0.3 is 0 Å². The van der Waals surface area contributed by atoms with Crippen LogP contribution in [0, 0.1) is 0 Å². The second kappa shape index (κ2) is 5.99. The molecular formula is C19H18N2O2. The van der Waals surface area contributed by atoms with Gasteiger partial charge in [-0.2, -0.15) is 0 Å². The van der Waals surface area contributed by atoms with E-state index >= 15 is 0 Å². The van der Waals surface area contributed by atoms with Gasteiger partial charge in [0.1, 0.15) is 5.69 Å².